The first kappa shape index (κ1) is 13.2. The van der Waals surface area contributed by atoms with E-state index in [1.54, 1.807) is 0 Å². The van der Waals surface area contributed by atoms with Crippen LogP contribution in [0.3, 0.4) is 0 Å². The average Bonchev–Trinajstić information content (AvgIpc) is 2.69. The maximum atomic E-state index is 11.6. The second kappa shape index (κ2) is 4.34. The predicted octanol–water partition coefficient (Wildman–Crippen LogP) is 2.68. The van der Waals surface area contributed by atoms with Crippen molar-refractivity contribution >= 4 is 5.97 Å². The molecule has 4 atom stereocenters. The third kappa shape index (κ3) is 2.33. The smallest absolute Gasteiger partial charge is 0.309 e. The van der Waals surface area contributed by atoms with E-state index in [2.05, 4.69) is 26.0 Å². The number of allylic oxidation sites excluding steroid dienone is 1. The molecule has 2 aliphatic carbocycles. The SMILES string of the molecule is CC1(C)CC=CC([C@]2(O)CC[C@@H]3C(=O)OC[C@@H]3C2)C1. The molecule has 3 nitrogen and oxygen atoms in total. The molecule has 1 unspecified atom stereocenters. The van der Waals surface area contributed by atoms with Crippen LogP contribution in [0.1, 0.15) is 46.0 Å². The van der Waals surface area contributed by atoms with Crippen molar-refractivity contribution in [1.82, 2.24) is 0 Å². The van der Waals surface area contributed by atoms with Gasteiger partial charge in [-0.3, -0.25) is 4.79 Å². The van der Waals surface area contributed by atoms with Crippen LogP contribution in [0.5, 0.6) is 0 Å². The number of ether oxygens (including phenoxy) is 1. The molecule has 19 heavy (non-hydrogen) atoms. The van der Waals surface area contributed by atoms with E-state index in [0.29, 0.717) is 13.0 Å². The summed E-state index contributed by atoms with van der Waals surface area (Å²) in [4.78, 5) is 11.6. The van der Waals surface area contributed by atoms with Gasteiger partial charge in [0.15, 0.2) is 0 Å². The Balaban J connectivity index is 1.76. The molecule has 1 heterocycles. The first-order valence-corrected chi connectivity index (χ1v) is 7.45. The Morgan fingerprint density at radius 1 is 1.37 bits per heavy atom. The Kier molecular flexibility index (Phi) is 3.01. The molecule has 3 heteroatoms. The van der Waals surface area contributed by atoms with Crippen molar-refractivity contribution in [3.05, 3.63) is 12.2 Å². The lowest BCUT2D eigenvalue weighted by Gasteiger charge is -2.45. The summed E-state index contributed by atoms with van der Waals surface area (Å²) in [5.74, 6) is 0.449. The summed E-state index contributed by atoms with van der Waals surface area (Å²) in [5, 5.41) is 11.0. The van der Waals surface area contributed by atoms with E-state index in [1.807, 2.05) is 0 Å². The van der Waals surface area contributed by atoms with Crippen molar-refractivity contribution in [1.29, 1.82) is 0 Å². The highest BCUT2D eigenvalue weighted by Crippen LogP contribution is 2.48. The lowest BCUT2D eigenvalue weighted by Crippen LogP contribution is -2.46. The van der Waals surface area contributed by atoms with E-state index in [4.69, 9.17) is 4.74 Å². The molecule has 0 aromatic heterocycles. The molecule has 0 bridgehead atoms. The van der Waals surface area contributed by atoms with Crippen molar-refractivity contribution in [3.8, 4) is 0 Å². The number of fused-ring (bicyclic) bond motifs is 1. The van der Waals surface area contributed by atoms with Crippen LogP contribution in [0.2, 0.25) is 0 Å². The zero-order valence-electron chi connectivity index (χ0n) is 11.9. The number of rotatable bonds is 1. The lowest BCUT2D eigenvalue weighted by molar-refractivity contribution is -0.142. The van der Waals surface area contributed by atoms with Gasteiger partial charge in [-0.1, -0.05) is 26.0 Å². The Morgan fingerprint density at radius 3 is 2.89 bits per heavy atom. The molecule has 1 aliphatic heterocycles. The van der Waals surface area contributed by atoms with Gasteiger partial charge in [-0.05, 0) is 37.5 Å². The molecule has 0 amide bonds. The van der Waals surface area contributed by atoms with Crippen molar-refractivity contribution < 1.29 is 14.6 Å². The quantitative estimate of drug-likeness (QED) is 0.585. The van der Waals surface area contributed by atoms with Crippen LogP contribution >= 0.6 is 0 Å². The van der Waals surface area contributed by atoms with E-state index in [0.717, 1.165) is 25.7 Å². The molecule has 106 valence electrons. The van der Waals surface area contributed by atoms with Gasteiger partial charge < -0.3 is 9.84 Å². The highest BCUT2D eigenvalue weighted by Gasteiger charge is 2.50. The maximum absolute atomic E-state index is 11.6. The molecule has 1 saturated carbocycles. The fourth-order valence-corrected chi connectivity index (χ4v) is 4.12. The molecule has 1 N–H and O–H groups in total. The zero-order chi connectivity index (χ0) is 13.7. The van der Waals surface area contributed by atoms with Crippen LogP contribution in [0, 0.1) is 23.2 Å². The Morgan fingerprint density at radius 2 is 2.16 bits per heavy atom. The van der Waals surface area contributed by atoms with E-state index in [1.165, 1.54) is 0 Å². The maximum Gasteiger partial charge on any atom is 0.309 e. The average molecular weight is 264 g/mol. The molecule has 3 rings (SSSR count). The Hall–Kier alpha value is -0.830. The van der Waals surface area contributed by atoms with Gasteiger partial charge in [-0.15, -0.1) is 0 Å². The lowest BCUT2D eigenvalue weighted by atomic mass is 9.62. The minimum atomic E-state index is -0.636. The number of carbonyl (C=O) groups excluding carboxylic acids is 1. The number of hydrogen-bond acceptors (Lipinski definition) is 3. The van der Waals surface area contributed by atoms with Crippen molar-refractivity contribution in [2.24, 2.45) is 23.2 Å². The largest absolute Gasteiger partial charge is 0.465 e. The van der Waals surface area contributed by atoms with E-state index in [-0.39, 0.29) is 29.1 Å². The molecular formula is C16H24O3. The molecule has 0 aromatic carbocycles. The number of esters is 1. The summed E-state index contributed by atoms with van der Waals surface area (Å²) in [6.45, 7) is 5.03. The predicted molar refractivity (Wildman–Crippen MR) is 72.4 cm³/mol. The van der Waals surface area contributed by atoms with Gasteiger partial charge in [0.1, 0.15) is 0 Å². The summed E-state index contributed by atoms with van der Waals surface area (Å²) in [5.41, 5.74) is -0.364. The number of hydrogen-bond donors (Lipinski definition) is 1. The third-order valence-electron chi connectivity index (χ3n) is 5.32. The topological polar surface area (TPSA) is 46.5 Å². The van der Waals surface area contributed by atoms with Crippen molar-refractivity contribution in [2.75, 3.05) is 6.61 Å². The normalized spacial score (nSPS) is 44.8. The van der Waals surface area contributed by atoms with Crippen LogP contribution < -0.4 is 0 Å². The third-order valence-corrected chi connectivity index (χ3v) is 5.32. The minimum absolute atomic E-state index is 0.0425. The number of carbonyl (C=O) groups is 1. The molecular weight excluding hydrogens is 240 g/mol. The van der Waals surface area contributed by atoms with Gasteiger partial charge >= 0.3 is 5.97 Å². The monoisotopic (exact) mass is 264 g/mol. The van der Waals surface area contributed by atoms with Gasteiger partial charge in [-0.25, -0.2) is 0 Å². The Bertz CT molecular complexity index is 412. The number of cyclic esters (lactones) is 1. The minimum Gasteiger partial charge on any atom is -0.465 e. The first-order chi connectivity index (χ1) is 8.90. The fourth-order valence-electron chi connectivity index (χ4n) is 4.12. The highest BCUT2D eigenvalue weighted by molar-refractivity contribution is 5.74. The summed E-state index contributed by atoms with van der Waals surface area (Å²) in [6.07, 6.45) is 8.77. The second-order valence-corrected chi connectivity index (χ2v) is 7.45. The first-order valence-electron chi connectivity index (χ1n) is 7.45. The molecule has 3 aliphatic rings. The molecule has 0 radical (unpaired) electrons. The van der Waals surface area contributed by atoms with Gasteiger partial charge in [0.2, 0.25) is 0 Å². The van der Waals surface area contributed by atoms with Crippen LogP contribution in [0.15, 0.2) is 12.2 Å². The van der Waals surface area contributed by atoms with Crippen LogP contribution in [-0.2, 0) is 9.53 Å². The number of aliphatic hydroxyl groups is 1. The molecule has 0 aromatic rings. The van der Waals surface area contributed by atoms with E-state index in [9.17, 15) is 9.90 Å². The van der Waals surface area contributed by atoms with E-state index >= 15 is 0 Å². The second-order valence-electron chi connectivity index (χ2n) is 7.45. The van der Waals surface area contributed by atoms with Crippen LogP contribution in [0.4, 0.5) is 0 Å². The highest BCUT2D eigenvalue weighted by atomic mass is 16.5. The van der Waals surface area contributed by atoms with Gasteiger partial charge in [-0.2, -0.15) is 0 Å². The van der Waals surface area contributed by atoms with Gasteiger partial charge in [0.05, 0.1) is 18.1 Å². The van der Waals surface area contributed by atoms with Crippen LogP contribution in [0.25, 0.3) is 0 Å². The summed E-state index contributed by atoms with van der Waals surface area (Å²) < 4.78 is 5.15. The summed E-state index contributed by atoms with van der Waals surface area (Å²) >= 11 is 0. The molecule has 2 fully saturated rings. The van der Waals surface area contributed by atoms with Crippen molar-refractivity contribution in [3.63, 3.8) is 0 Å². The Labute approximate surface area is 115 Å². The van der Waals surface area contributed by atoms with E-state index < -0.39 is 5.60 Å². The zero-order valence-corrected chi connectivity index (χ0v) is 11.9. The summed E-state index contributed by atoms with van der Waals surface area (Å²) in [7, 11) is 0. The van der Waals surface area contributed by atoms with Gasteiger partial charge in [0, 0.05) is 11.8 Å². The molecule has 0 spiro atoms. The summed E-state index contributed by atoms with van der Waals surface area (Å²) in [6, 6.07) is 0. The fraction of sp³-hybridized carbons (Fsp3) is 0.812. The molecule has 1 saturated heterocycles. The van der Waals surface area contributed by atoms with Gasteiger partial charge in [0.25, 0.3) is 0 Å². The standard InChI is InChI=1S/C16H24O3/c1-15(2)6-3-4-12(9-15)16(18)7-5-13-11(8-16)10-19-14(13)17/h3-4,11-13,18H,5-10H2,1-2H3/t11-,12?,13-,16-/m0/s1. The van der Waals surface area contributed by atoms with Crippen molar-refractivity contribution in [2.45, 2.75) is 51.6 Å². The van der Waals surface area contributed by atoms with Crippen LogP contribution in [-0.4, -0.2) is 23.3 Å².